The van der Waals surface area contributed by atoms with Crippen molar-refractivity contribution in [2.75, 3.05) is 58.9 Å². The van der Waals surface area contributed by atoms with Gasteiger partial charge in [0, 0.05) is 13.1 Å². The van der Waals surface area contributed by atoms with Gasteiger partial charge in [-0.25, -0.2) is 0 Å². The second kappa shape index (κ2) is 26.4. The van der Waals surface area contributed by atoms with Gasteiger partial charge >= 0.3 is 17.9 Å². The van der Waals surface area contributed by atoms with Crippen LogP contribution in [-0.2, 0) is 14.4 Å². The van der Waals surface area contributed by atoms with E-state index in [1.165, 1.54) is 0 Å². The maximum absolute atomic E-state index is 9.94. The van der Waals surface area contributed by atoms with Crippen LogP contribution in [0.2, 0.25) is 0 Å². The number of rotatable bonds is 15. The molecule has 0 unspecified atom stereocenters. The van der Waals surface area contributed by atoms with Crippen molar-refractivity contribution >= 4 is 17.9 Å². The SMILES string of the molecule is NCCCCNCC(=O)O.NCCCNCC(=O)O.NCCNCC(=O)O. The monoisotopic (exact) mass is 396 g/mol. The molecular weight excluding hydrogens is 360 g/mol. The van der Waals surface area contributed by atoms with Crippen molar-refractivity contribution in [2.45, 2.75) is 19.3 Å². The van der Waals surface area contributed by atoms with E-state index >= 15 is 0 Å². The molecule has 0 heterocycles. The van der Waals surface area contributed by atoms with Crippen molar-refractivity contribution in [3.05, 3.63) is 0 Å². The van der Waals surface area contributed by atoms with Gasteiger partial charge in [0.05, 0.1) is 19.6 Å². The zero-order valence-electron chi connectivity index (χ0n) is 15.8. The second-order valence-corrected chi connectivity index (χ2v) is 5.14. The molecule has 0 aromatic carbocycles. The van der Waals surface area contributed by atoms with Crippen molar-refractivity contribution < 1.29 is 29.7 Å². The van der Waals surface area contributed by atoms with Crippen LogP contribution in [0.25, 0.3) is 0 Å². The minimum absolute atomic E-state index is 0.00278. The molecule has 0 atom stereocenters. The summed E-state index contributed by atoms with van der Waals surface area (Å²) in [6.45, 7) is 3.81. The first-order chi connectivity index (χ1) is 12.8. The highest BCUT2D eigenvalue weighted by molar-refractivity contribution is 5.69. The first-order valence-electron chi connectivity index (χ1n) is 8.69. The molecule has 0 aromatic heterocycles. The molecule has 0 fully saturated rings. The molecule has 0 rings (SSSR count). The quantitative estimate of drug-likeness (QED) is 0.126. The predicted octanol–water partition coefficient (Wildman–Crippen LogP) is -2.97. The normalized spacial score (nSPS) is 9.44. The minimum atomic E-state index is -0.849. The number of nitrogens with two attached hydrogens (primary N) is 3. The van der Waals surface area contributed by atoms with Gasteiger partial charge in [-0.15, -0.1) is 0 Å². The second-order valence-electron chi connectivity index (χ2n) is 5.14. The fourth-order valence-corrected chi connectivity index (χ4v) is 1.31. The molecule has 0 radical (unpaired) electrons. The lowest BCUT2D eigenvalue weighted by Gasteiger charge is -1.98. The largest absolute Gasteiger partial charge is 0.480 e. The lowest BCUT2D eigenvalue weighted by molar-refractivity contribution is -0.136. The molecule has 0 spiro atoms. The Morgan fingerprint density at radius 2 is 0.926 bits per heavy atom. The van der Waals surface area contributed by atoms with Crippen LogP contribution >= 0.6 is 0 Å². The molecule has 162 valence electrons. The van der Waals surface area contributed by atoms with Crippen LogP contribution in [0.5, 0.6) is 0 Å². The maximum atomic E-state index is 9.94. The van der Waals surface area contributed by atoms with Crippen LogP contribution in [0.15, 0.2) is 0 Å². The Labute approximate surface area is 159 Å². The van der Waals surface area contributed by atoms with E-state index in [4.69, 9.17) is 32.5 Å². The van der Waals surface area contributed by atoms with Gasteiger partial charge in [-0.2, -0.15) is 0 Å². The third-order valence-corrected chi connectivity index (χ3v) is 2.52. The van der Waals surface area contributed by atoms with Crippen LogP contribution < -0.4 is 33.2 Å². The third-order valence-electron chi connectivity index (χ3n) is 2.52. The topological polar surface area (TPSA) is 226 Å². The molecule has 0 aliphatic heterocycles. The third kappa shape index (κ3) is 45.4. The Bertz CT molecular complexity index is 360. The smallest absolute Gasteiger partial charge is 0.317 e. The number of carboxylic acids is 3. The molecule has 12 heteroatoms. The van der Waals surface area contributed by atoms with Crippen molar-refractivity contribution in [3.63, 3.8) is 0 Å². The summed E-state index contributed by atoms with van der Waals surface area (Å²) < 4.78 is 0. The summed E-state index contributed by atoms with van der Waals surface area (Å²) in [5, 5.41) is 32.4. The average molecular weight is 396 g/mol. The molecule has 0 saturated carbocycles. The summed E-state index contributed by atoms with van der Waals surface area (Å²) in [6, 6.07) is 0. The molecule has 0 bridgehead atoms. The zero-order chi connectivity index (χ0) is 21.3. The van der Waals surface area contributed by atoms with Gasteiger partial charge < -0.3 is 48.5 Å². The molecular formula is C15H36N6O6. The number of aliphatic carboxylic acids is 3. The molecule has 12 N–H and O–H groups in total. The Morgan fingerprint density at radius 3 is 1.26 bits per heavy atom. The molecule has 0 aliphatic rings. The summed E-state index contributed by atoms with van der Waals surface area (Å²) >= 11 is 0. The van der Waals surface area contributed by atoms with Gasteiger partial charge in [0.25, 0.3) is 0 Å². The Morgan fingerprint density at radius 1 is 0.556 bits per heavy atom. The molecule has 27 heavy (non-hydrogen) atoms. The number of carboxylic acid groups (broad SMARTS) is 3. The summed E-state index contributed by atoms with van der Waals surface area (Å²) in [5.74, 6) is -2.49. The van der Waals surface area contributed by atoms with E-state index < -0.39 is 17.9 Å². The summed E-state index contributed by atoms with van der Waals surface area (Å²) in [6.07, 6.45) is 2.73. The van der Waals surface area contributed by atoms with E-state index in [2.05, 4.69) is 16.0 Å². The summed E-state index contributed by atoms with van der Waals surface area (Å²) in [5.41, 5.74) is 15.4. The van der Waals surface area contributed by atoms with E-state index in [9.17, 15) is 14.4 Å². The highest BCUT2D eigenvalue weighted by atomic mass is 16.4. The number of hydrogen-bond donors (Lipinski definition) is 9. The van der Waals surface area contributed by atoms with Gasteiger partial charge in [-0.3, -0.25) is 14.4 Å². The maximum Gasteiger partial charge on any atom is 0.317 e. The van der Waals surface area contributed by atoms with Crippen molar-refractivity contribution in [1.29, 1.82) is 0 Å². The zero-order valence-corrected chi connectivity index (χ0v) is 15.8. The number of unbranched alkanes of at least 4 members (excludes halogenated alkanes) is 1. The summed E-state index contributed by atoms with van der Waals surface area (Å²) in [4.78, 5) is 29.6. The van der Waals surface area contributed by atoms with E-state index in [-0.39, 0.29) is 19.6 Å². The first kappa shape index (κ1) is 29.9. The lowest BCUT2D eigenvalue weighted by atomic mass is 10.3. The molecule has 0 aromatic rings. The molecule has 0 amide bonds. The van der Waals surface area contributed by atoms with E-state index in [1.54, 1.807) is 0 Å². The van der Waals surface area contributed by atoms with Crippen LogP contribution in [-0.4, -0.2) is 92.1 Å². The van der Waals surface area contributed by atoms with E-state index in [0.717, 1.165) is 25.8 Å². The van der Waals surface area contributed by atoms with Gasteiger partial charge in [-0.05, 0) is 45.4 Å². The van der Waals surface area contributed by atoms with Crippen LogP contribution in [0, 0.1) is 0 Å². The van der Waals surface area contributed by atoms with Crippen LogP contribution in [0.4, 0.5) is 0 Å². The first-order valence-corrected chi connectivity index (χ1v) is 8.69. The molecule has 12 nitrogen and oxygen atoms in total. The van der Waals surface area contributed by atoms with E-state index in [1.807, 2.05) is 0 Å². The fraction of sp³-hybridized carbons (Fsp3) is 0.800. The summed E-state index contributed by atoms with van der Waals surface area (Å²) in [7, 11) is 0. The molecule has 0 aliphatic carbocycles. The lowest BCUT2D eigenvalue weighted by Crippen LogP contribution is -2.27. The van der Waals surface area contributed by atoms with Gasteiger partial charge in [0.1, 0.15) is 0 Å². The van der Waals surface area contributed by atoms with Gasteiger partial charge in [-0.1, -0.05) is 0 Å². The van der Waals surface area contributed by atoms with Crippen LogP contribution in [0.3, 0.4) is 0 Å². The highest BCUT2D eigenvalue weighted by Gasteiger charge is 1.93. The van der Waals surface area contributed by atoms with Crippen molar-refractivity contribution in [1.82, 2.24) is 16.0 Å². The number of nitrogens with one attached hydrogen (secondary N) is 3. The fourth-order valence-electron chi connectivity index (χ4n) is 1.31. The Hall–Kier alpha value is -1.83. The van der Waals surface area contributed by atoms with Gasteiger partial charge in [0.2, 0.25) is 0 Å². The molecule has 0 saturated heterocycles. The Kier molecular flexibility index (Phi) is 29.3. The van der Waals surface area contributed by atoms with Crippen molar-refractivity contribution in [2.24, 2.45) is 17.2 Å². The minimum Gasteiger partial charge on any atom is -0.480 e. The van der Waals surface area contributed by atoms with Gasteiger partial charge in [0.15, 0.2) is 0 Å². The average Bonchev–Trinajstić information content (AvgIpc) is 2.59. The predicted molar refractivity (Wildman–Crippen MR) is 103 cm³/mol. The standard InChI is InChI=1S/C6H14N2O2.C5H12N2O2.C4H10N2O2/c7-3-1-2-4-8-5-6(9)10;6-2-1-3-7-4-5(8)9;5-1-2-6-3-4(7)8/h8H,1-5,7H2,(H,9,10);7H,1-4,6H2,(H,8,9);6H,1-3,5H2,(H,7,8). The van der Waals surface area contributed by atoms with Crippen molar-refractivity contribution in [3.8, 4) is 0 Å². The number of hydrogen-bond acceptors (Lipinski definition) is 9. The number of carbonyl (C=O) groups is 3. The Balaban J connectivity index is -0.000000322. The van der Waals surface area contributed by atoms with E-state index in [0.29, 0.717) is 32.7 Å². The highest BCUT2D eigenvalue weighted by Crippen LogP contribution is 1.80. The van der Waals surface area contributed by atoms with Crippen LogP contribution in [0.1, 0.15) is 19.3 Å².